The lowest BCUT2D eigenvalue weighted by Gasteiger charge is -1.99. The highest BCUT2D eigenvalue weighted by molar-refractivity contribution is 5.62. The van der Waals surface area contributed by atoms with Gasteiger partial charge in [0.15, 0.2) is 0 Å². The van der Waals surface area contributed by atoms with Gasteiger partial charge in [-0.25, -0.2) is 18.7 Å². The molecule has 0 atom stereocenters. The van der Waals surface area contributed by atoms with Gasteiger partial charge in [0.2, 0.25) is 5.78 Å². The molecule has 0 fully saturated rings. The van der Waals surface area contributed by atoms with E-state index < -0.39 is 11.6 Å². The topological polar surface area (TPSA) is 30.2 Å². The summed E-state index contributed by atoms with van der Waals surface area (Å²) >= 11 is 0. The number of benzene rings is 1. The lowest BCUT2D eigenvalue weighted by molar-refractivity contribution is 0.603. The van der Waals surface area contributed by atoms with Crippen molar-refractivity contribution in [2.75, 3.05) is 0 Å². The molecule has 0 saturated heterocycles. The Morgan fingerprint density at radius 1 is 1.05 bits per heavy atom. The lowest BCUT2D eigenvalue weighted by Crippen LogP contribution is -1.94. The summed E-state index contributed by atoms with van der Waals surface area (Å²) < 4.78 is 28.7. The Hall–Kier alpha value is -2.30. The smallest absolute Gasteiger partial charge is 0.234 e. The Morgan fingerprint density at radius 3 is 2.63 bits per heavy atom. The average Bonchev–Trinajstić information content (AvgIpc) is 2.76. The largest absolute Gasteiger partial charge is 0.288 e. The SMILES string of the molecule is Cc1cc(C)n2cc(-c3cc(F)ccc3F)nc2n1. The molecule has 0 amide bonds. The first-order valence-electron chi connectivity index (χ1n) is 5.83. The fourth-order valence-electron chi connectivity index (χ4n) is 2.09. The Bertz CT molecular complexity index is 778. The van der Waals surface area contributed by atoms with Crippen LogP contribution in [-0.2, 0) is 0 Å². The fourth-order valence-corrected chi connectivity index (χ4v) is 2.09. The Kier molecular flexibility index (Phi) is 2.55. The number of fused-ring (bicyclic) bond motifs is 1. The van der Waals surface area contributed by atoms with Gasteiger partial charge >= 0.3 is 0 Å². The van der Waals surface area contributed by atoms with Crippen LogP contribution in [-0.4, -0.2) is 14.4 Å². The van der Waals surface area contributed by atoms with Crippen LogP contribution in [0, 0.1) is 25.5 Å². The van der Waals surface area contributed by atoms with Gasteiger partial charge in [-0.1, -0.05) is 0 Å². The number of hydrogen-bond donors (Lipinski definition) is 0. The number of aryl methyl sites for hydroxylation is 2. The third-order valence-corrected chi connectivity index (χ3v) is 2.97. The minimum atomic E-state index is -0.501. The maximum atomic E-state index is 13.7. The van der Waals surface area contributed by atoms with Crippen LogP contribution < -0.4 is 0 Å². The molecule has 96 valence electrons. The maximum Gasteiger partial charge on any atom is 0.234 e. The molecule has 0 spiro atoms. The molecular formula is C14H11F2N3. The molecule has 0 bridgehead atoms. The summed E-state index contributed by atoms with van der Waals surface area (Å²) in [5.74, 6) is -0.510. The van der Waals surface area contributed by atoms with E-state index in [-0.39, 0.29) is 5.56 Å². The molecule has 5 heteroatoms. The first kappa shape index (κ1) is 11.8. The highest BCUT2D eigenvalue weighted by atomic mass is 19.1. The van der Waals surface area contributed by atoms with E-state index in [4.69, 9.17) is 0 Å². The van der Waals surface area contributed by atoms with E-state index in [1.807, 2.05) is 19.9 Å². The third-order valence-electron chi connectivity index (χ3n) is 2.97. The van der Waals surface area contributed by atoms with Crippen LogP contribution in [0.5, 0.6) is 0 Å². The molecule has 1 aromatic carbocycles. The lowest BCUT2D eigenvalue weighted by atomic mass is 10.1. The molecule has 2 heterocycles. The monoisotopic (exact) mass is 259 g/mol. The maximum absolute atomic E-state index is 13.7. The number of imidazole rings is 1. The minimum Gasteiger partial charge on any atom is -0.288 e. The van der Waals surface area contributed by atoms with Gasteiger partial charge in [0, 0.05) is 23.1 Å². The van der Waals surface area contributed by atoms with E-state index in [1.165, 1.54) is 0 Å². The summed E-state index contributed by atoms with van der Waals surface area (Å²) in [7, 11) is 0. The summed E-state index contributed by atoms with van der Waals surface area (Å²) in [6, 6.07) is 5.22. The summed E-state index contributed by atoms with van der Waals surface area (Å²) in [6.07, 6.45) is 1.66. The van der Waals surface area contributed by atoms with E-state index >= 15 is 0 Å². The van der Waals surface area contributed by atoms with Crippen LogP contribution in [0.4, 0.5) is 8.78 Å². The molecule has 0 radical (unpaired) electrons. The van der Waals surface area contributed by atoms with Crippen molar-refractivity contribution in [2.24, 2.45) is 0 Å². The van der Waals surface area contributed by atoms with E-state index in [2.05, 4.69) is 9.97 Å². The van der Waals surface area contributed by atoms with Gasteiger partial charge in [0.1, 0.15) is 11.6 Å². The normalized spacial score (nSPS) is 11.2. The van der Waals surface area contributed by atoms with Crippen molar-refractivity contribution >= 4 is 5.78 Å². The Labute approximate surface area is 108 Å². The molecule has 0 saturated carbocycles. The van der Waals surface area contributed by atoms with E-state index in [9.17, 15) is 8.78 Å². The van der Waals surface area contributed by atoms with Crippen LogP contribution in [0.25, 0.3) is 17.0 Å². The predicted octanol–water partition coefficient (Wildman–Crippen LogP) is 3.29. The molecular weight excluding hydrogens is 248 g/mol. The zero-order valence-corrected chi connectivity index (χ0v) is 10.5. The summed E-state index contributed by atoms with van der Waals surface area (Å²) in [4.78, 5) is 8.52. The zero-order valence-electron chi connectivity index (χ0n) is 10.5. The van der Waals surface area contributed by atoms with Gasteiger partial charge in [-0.2, -0.15) is 0 Å². The summed E-state index contributed by atoms with van der Waals surface area (Å²) in [5.41, 5.74) is 2.29. The highest BCUT2D eigenvalue weighted by Crippen LogP contribution is 2.23. The molecule has 19 heavy (non-hydrogen) atoms. The van der Waals surface area contributed by atoms with Crippen LogP contribution in [0.1, 0.15) is 11.4 Å². The first-order valence-corrected chi connectivity index (χ1v) is 5.83. The van der Waals surface area contributed by atoms with Crippen molar-refractivity contribution < 1.29 is 8.78 Å². The van der Waals surface area contributed by atoms with E-state index in [0.29, 0.717) is 11.5 Å². The Morgan fingerprint density at radius 2 is 1.84 bits per heavy atom. The molecule has 0 aliphatic heterocycles. The van der Waals surface area contributed by atoms with Crippen LogP contribution in [0.3, 0.4) is 0 Å². The Balaban J connectivity index is 2.26. The van der Waals surface area contributed by atoms with Gasteiger partial charge in [-0.15, -0.1) is 0 Å². The number of nitrogens with zero attached hydrogens (tertiary/aromatic N) is 3. The predicted molar refractivity (Wildman–Crippen MR) is 67.8 cm³/mol. The fraction of sp³-hybridized carbons (Fsp3) is 0.143. The standard InChI is InChI=1S/C14H11F2N3/c1-8-5-9(2)19-7-13(18-14(19)17-8)11-6-10(15)3-4-12(11)16/h3-7H,1-2H3. The summed E-state index contributed by atoms with van der Waals surface area (Å²) in [5, 5.41) is 0. The van der Waals surface area contributed by atoms with Crippen LogP contribution >= 0.6 is 0 Å². The molecule has 0 aliphatic carbocycles. The van der Waals surface area contributed by atoms with Crippen molar-refractivity contribution in [2.45, 2.75) is 13.8 Å². The van der Waals surface area contributed by atoms with Crippen LogP contribution in [0.2, 0.25) is 0 Å². The second kappa shape index (κ2) is 4.12. The first-order chi connectivity index (χ1) is 9.04. The minimum absolute atomic E-state index is 0.141. The number of halogens is 2. The zero-order chi connectivity index (χ0) is 13.6. The van der Waals surface area contributed by atoms with Crippen molar-refractivity contribution in [1.82, 2.24) is 14.4 Å². The van der Waals surface area contributed by atoms with Crippen molar-refractivity contribution in [3.05, 3.63) is 53.5 Å². The van der Waals surface area contributed by atoms with Gasteiger partial charge < -0.3 is 0 Å². The number of rotatable bonds is 1. The van der Waals surface area contributed by atoms with E-state index in [0.717, 1.165) is 29.6 Å². The third kappa shape index (κ3) is 1.97. The average molecular weight is 259 g/mol. The molecule has 0 N–H and O–H groups in total. The van der Waals surface area contributed by atoms with Gasteiger partial charge in [0.25, 0.3) is 0 Å². The summed E-state index contributed by atoms with van der Waals surface area (Å²) in [6.45, 7) is 3.78. The van der Waals surface area contributed by atoms with E-state index in [1.54, 1.807) is 10.6 Å². The molecule has 3 aromatic rings. The van der Waals surface area contributed by atoms with Gasteiger partial charge in [-0.3, -0.25) is 4.40 Å². The second-order valence-corrected chi connectivity index (χ2v) is 4.46. The highest BCUT2D eigenvalue weighted by Gasteiger charge is 2.12. The van der Waals surface area contributed by atoms with Crippen molar-refractivity contribution in [3.63, 3.8) is 0 Å². The molecule has 3 nitrogen and oxygen atoms in total. The second-order valence-electron chi connectivity index (χ2n) is 4.46. The van der Waals surface area contributed by atoms with Gasteiger partial charge in [-0.05, 0) is 38.1 Å². The molecule has 0 aliphatic rings. The molecule has 3 rings (SSSR count). The van der Waals surface area contributed by atoms with Crippen molar-refractivity contribution in [3.8, 4) is 11.3 Å². The van der Waals surface area contributed by atoms with Crippen molar-refractivity contribution in [1.29, 1.82) is 0 Å². The quantitative estimate of drug-likeness (QED) is 0.671. The van der Waals surface area contributed by atoms with Gasteiger partial charge in [0.05, 0.1) is 5.69 Å². The van der Waals surface area contributed by atoms with Crippen LogP contribution in [0.15, 0.2) is 30.5 Å². The molecule has 0 unspecified atom stereocenters. The number of aromatic nitrogens is 3. The number of hydrogen-bond acceptors (Lipinski definition) is 2. The molecule has 2 aromatic heterocycles.